The Bertz CT molecular complexity index is 403. The zero-order valence-corrected chi connectivity index (χ0v) is 9.53. The first-order chi connectivity index (χ1) is 7.60. The van der Waals surface area contributed by atoms with Crippen LogP contribution in [0.25, 0.3) is 0 Å². The van der Waals surface area contributed by atoms with Crippen molar-refractivity contribution in [1.29, 1.82) is 0 Å². The molecule has 1 aliphatic carbocycles. The first-order valence-electron chi connectivity index (χ1n) is 5.61. The van der Waals surface area contributed by atoms with Gasteiger partial charge in [0, 0.05) is 0 Å². The maximum Gasteiger partial charge on any atom is 0.342 e. The van der Waals surface area contributed by atoms with Gasteiger partial charge in [-0.15, -0.1) is 0 Å². The van der Waals surface area contributed by atoms with Gasteiger partial charge in [0.15, 0.2) is 0 Å². The second-order valence-corrected chi connectivity index (χ2v) is 4.14. The topological polar surface area (TPSA) is 61.7 Å². The Hall–Kier alpha value is -1.42. The second kappa shape index (κ2) is 3.87. The highest BCUT2D eigenvalue weighted by Gasteiger charge is 2.38. The van der Waals surface area contributed by atoms with Crippen molar-refractivity contribution in [2.75, 3.05) is 0 Å². The molecular weight excluding hydrogens is 204 g/mol. The van der Waals surface area contributed by atoms with Crippen LogP contribution in [0.1, 0.15) is 26.7 Å². The Labute approximate surface area is 94.8 Å². The lowest BCUT2D eigenvalue weighted by molar-refractivity contribution is 0.0660. The number of nitrogens with one attached hydrogen (secondary N) is 1. The fourth-order valence-electron chi connectivity index (χ4n) is 2.21. The van der Waals surface area contributed by atoms with Gasteiger partial charge in [-0.2, -0.15) is 4.99 Å². The van der Waals surface area contributed by atoms with Gasteiger partial charge in [0.25, 0.3) is 0 Å². The molecule has 0 aromatic heterocycles. The Kier molecular flexibility index (Phi) is 2.68. The van der Waals surface area contributed by atoms with Crippen LogP contribution in [-0.2, 0) is 0 Å². The number of urea groups is 1. The van der Waals surface area contributed by atoms with Crippen molar-refractivity contribution in [3.05, 3.63) is 23.8 Å². The van der Waals surface area contributed by atoms with E-state index >= 15 is 0 Å². The number of aliphatic hydroxyl groups is 1. The molecule has 0 saturated heterocycles. The Morgan fingerprint density at radius 2 is 2.19 bits per heavy atom. The van der Waals surface area contributed by atoms with Crippen LogP contribution in [0.2, 0.25) is 0 Å². The van der Waals surface area contributed by atoms with Gasteiger partial charge in [0.05, 0.1) is 17.4 Å². The zero-order valence-electron chi connectivity index (χ0n) is 9.53. The predicted octanol–water partition coefficient (Wildman–Crippen LogP) is 1.57. The lowest BCUT2D eigenvalue weighted by Gasteiger charge is -2.33. The molecule has 1 heterocycles. The van der Waals surface area contributed by atoms with Crippen molar-refractivity contribution >= 4 is 11.7 Å². The summed E-state index contributed by atoms with van der Waals surface area (Å²) in [4.78, 5) is 15.1. The molecule has 2 N–H and O–H groups in total. The van der Waals surface area contributed by atoms with Crippen molar-refractivity contribution in [3.63, 3.8) is 0 Å². The number of hydrogen-bond acceptors (Lipinski definition) is 2. The number of rotatable bonds is 3. The van der Waals surface area contributed by atoms with Crippen molar-refractivity contribution in [2.45, 2.75) is 38.3 Å². The van der Waals surface area contributed by atoms with Gasteiger partial charge >= 0.3 is 6.03 Å². The molecule has 1 unspecified atom stereocenters. The van der Waals surface area contributed by atoms with Crippen LogP contribution in [0, 0.1) is 0 Å². The van der Waals surface area contributed by atoms with Crippen molar-refractivity contribution < 1.29 is 9.90 Å². The number of hydrogen-bond donors (Lipinski definition) is 2. The maximum absolute atomic E-state index is 11.2. The molecule has 0 spiro atoms. The molecule has 2 rings (SSSR count). The minimum absolute atomic E-state index is 0.248. The van der Waals surface area contributed by atoms with E-state index in [4.69, 9.17) is 0 Å². The molecule has 0 radical (unpaired) electrons. The van der Waals surface area contributed by atoms with E-state index in [9.17, 15) is 9.90 Å². The third-order valence-electron chi connectivity index (χ3n) is 3.36. The van der Waals surface area contributed by atoms with Gasteiger partial charge in [-0.1, -0.05) is 26.0 Å². The number of nitrogens with zero attached hydrogens (tertiary/aromatic N) is 1. The molecule has 2 aliphatic rings. The summed E-state index contributed by atoms with van der Waals surface area (Å²) in [7, 11) is 0. The summed E-state index contributed by atoms with van der Waals surface area (Å²) >= 11 is 0. The van der Waals surface area contributed by atoms with Gasteiger partial charge in [0.2, 0.25) is 0 Å². The van der Waals surface area contributed by atoms with E-state index in [1.807, 2.05) is 26.0 Å². The van der Waals surface area contributed by atoms with Crippen LogP contribution < -0.4 is 5.32 Å². The summed E-state index contributed by atoms with van der Waals surface area (Å²) in [6.07, 6.45) is 6.77. The second-order valence-electron chi connectivity index (χ2n) is 4.14. The summed E-state index contributed by atoms with van der Waals surface area (Å²) in [5, 5.41) is 13.2. The first-order valence-corrected chi connectivity index (χ1v) is 5.61. The smallest absolute Gasteiger partial charge is 0.342 e. The summed E-state index contributed by atoms with van der Waals surface area (Å²) in [5.41, 5.74) is 0.681. The fraction of sp³-hybridized carbons (Fsp3) is 0.500. The van der Waals surface area contributed by atoms with E-state index in [0.29, 0.717) is 18.6 Å². The number of allylic oxidation sites excluding steroid dienone is 2. The standard InChI is InChI=1S/C12H16N2O2/c1-3-12(16,4-2)8-6-5-7-9-10(8)14-11(15)13-9/h5-7,10,16H,3-4H2,1-2H3,(H,14,15). The molecule has 2 amide bonds. The van der Waals surface area contributed by atoms with Crippen LogP contribution in [0.5, 0.6) is 0 Å². The molecule has 86 valence electrons. The average molecular weight is 220 g/mol. The third kappa shape index (κ3) is 1.59. The lowest BCUT2D eigenvalue weighted by atomic mass is 9.80. The quantitative estimate of drug-likeness (QED) is 0.758. The molecule has 16 heavy (non-hydrogen) atoms. The van der Waals surface area contributed by atoms with Gasteiger partial charge < -0.3 is 10.4 Å². The largest absolute Gasteiger partial charge is 0.385 e. The fourth-order valence-corrected chi connectivity index (χ4v) is 2.21. The number of fused-ring (bicyclic) bond motifs is 1. The first kappa shape index (κ1) is 11.1. The summed E-state index contributed by atoms with van der Waals surface area (Å²) < 4.78 is 0. The molecular formula is C12H16N2O2. The molecule has 0 aromatic carbocycles. The van der Waals surface area contributed by atoms with Crippen LogP contribution >= 0.6 is 0 Å². The van der Waals surface area contributed by atoms with E-state index in [0.717, 1.165) is 5.57 Å². The molecule has 0 fully saturated rings. The van der Waals surface area contributed by atoms with Crippen LogP contribution in [0.15, 0.2) is 28.8 Å². The molecule has 4 nitrogen and oxygen atoms in total. The molecule has 4 heteroatoms. The number of carbonyl (C=O) groups is 1. The highest BCUT2D eigenvalue weighted by molar-refractivity contribution is 6.13. The Morgan fingerprint density at radius 1 is 1.50 bits per heavy atom. The SMILES string of the molecule is CCC(O)(CC)C1=CC=CC2=NC(=O)NC12. The van der Waals surface area contributed by atoms with E-state index in [1.54, 1.807) is 6.08 Å². The molecule has 0 bridgehead atoms. The number of aliphatic imine (C=N–C) groups is 1. The number of carbonyl (C=O) groups excluding carboxylic acids is 1. The highest BCUT2D eigenvalue weighted by Crippen LogP contribution is 2.31. The van der Waals surface area contributed by atoms with Crippen LogP contribution in [0.4, 0.5) is 4.79 Å². The minimum Gasteiger partial charge on any atom is -0.385 e. The Balaban J connectivity index is 2.36. The predicted molar refractivity (Wildman–Crippen MR) is 62.5 cm³/mol. The highest BCUT2D eigenvalue weighted by atomic mass is 16.3. The van der Waals surface area contributed by atoms with E-state index in [-0.39, 0.29) is 12.1 Å². The van der Waals surface area contributed by atoms with E-state index in [2.05, 4.69) is 10.3 Å². The van der Waals surface area contributed by atoms with Crippen molar-refractivity contribution in [2.24, 2.45) is 4.99 Å². The average Bonchev–Trinajstić information content (AvgIpc) is 2.67. The minimum atomic E-state index is -0.853. The lowest BCUT2D eigenvalue weighted by Crippen LogP contribution is -2.44. The molecule has 1 aliphatic heterocycles. The van der Waals surface area contributed by atoms with Crippen LogP contribution in [0.3, 0.4) is 0 Å². The molecule has 0 saturated carbocycles. The van der Waals surface area contributed by atoms with E-state index in [1.165, 1.54) is 0 Å². The molecule has 1 atom stereocenters. The van der Waals surface area contributed by atoms with Crippen molar-refractivity contribution in [3.8, 4) is 0 Å². The summed E-state index contributed by atoms with van der Waals surface area (Å²) in [6, 6.07) is -0.575. The van der Waals surface area contributed by atoms with Crippen molar-refractivity contribution in [1.82, 2.24) is 5.32 Å². The third-order valence-corrected chi connectivity index (χ3v) is 3.36. The summed E-state index contributed by atoms with van der Waals surface area (Å²) in [5.74, 6) is 0. The maximum atomic E-state index is 11.2. The Morgan fingerprint density at radius 3 is 2.81 bits per heavy atom. The van der Waals surface area contributed by atoms with Gasteiger partial charge in [0.1, 0.15) is 0 Å². The monoisotopic (exact) mass is 220 g/mol. The summed E-state index contributed by atoms with van der Waals surface area (Å²) in [6.45, 7) is 3.88. The normalized spacial score (nSPS) is 23.7. The zero-order chi connectivity index (χ0) is 11.8. The van der Waals surface area contributed by atoms with Gasteiger partial charge in [-0.25, -0.2) is 4.79 Å². The van der Waals surface area contributed by atoms with Gasteiger partial charge in [-0.3, -0.25) is 0 Å². The number of amides is 2. The van der Waals surface area contributed by atoms with E-state index < -0.39 is 5.60 Å². The van der Waals surface area contributed by atoms with Crippen LogP contribution in [-0.4, -0.2) is 28.5 Å². The van der Waals surface area contributed by atoms with Gasteiger partial charge in [-0.05, 0) is 24.5 Å². The molecule has 0 aromatic rings.